The molecule has 0 saturated carbocycles. The molecule has 0 aliphatic rings. The third-order valence-electron chi connectivity index (χ3n) is 4.29. The molecule has 0 spiro atoms. The van der Waals surface area contributed by atoms with Gasteiger partial charge in [0.15, 0.2) is 0 Å². The Morgan fingerprint density at radius 1 is 1.25 bits per heavy atom. The van der Waals surface area contributed by atoms with E-state index in [1.54, 1.807) is 10.9 Å². The third kappa shape index (κ3) is 2.48. The molecule has 0 saturated heterocycles. The molecule has 0 bridgehead atoms. The number of nitrogens with zero attached hydrogens (tertiary/aromatic N) is 3. The molecule has 4 heteroatoms. The van der Waals surface area contributed by atoms with Crippen LogP contribution in [0.1, 0.15) is 25.0 Å². The van der Waals surface area contributed by atoms with Crippen molar-refractivity contribution in [2.75, 3.05) is 14.1 Å². The average molecular weight is 273 g/mol. The number of hydrogen-bond donors (Lipinski definition) is 0. The summed E-state index contributed by atoms with van der Waals surface area (Å²) in [5.74, 6) is 0. The van der Waals surface area contributed by atoms with Gasteiger partial charge in [0.1, 0.15) is 0 Å². The number of likely N-dealkylation sites (N-methyl/N-ethyl adjacent to an activating group) is 1. The van der Waals surface area contributed by atoms with Crippen molar-refractivity contribution in [3.05, 3.63) is 39.9 Å². The minimum atomic E-state index is -0.0983. The first-order chi connectivity index (χ1) is 9.24. The number of fused-ring (bicyclic) bond motifs is 1. The molecule has 0 amide bonds. The van der Waals surface area contributed by atoms with E-state index in [9.17, 15) is 4.79 Å². The first kappa shape index (κ1) is 14.7. The van der Waals surface area contributed by atoms with Crippen molar-refractivity contribution >= 4 is 10.9 Å². The lowest BCUT2D eigenvalue weighted by Crippen LogP contribution is -2.44. The molecule has 2 aromatic rings. The fraction of sp³-hybridized carbons (Fsp3) is 0.500. The van der Waals surface area contributed by atoms with Gasteiger partial charge in [-0.25, -0.2) is 4.98 Å². The molecule has 1 heterocycles. The summed E-state index contributed by atoms with van der Waals surface area (Å²) in [6.07, 6.45) is 1.67. The van der Waals surface area contributed by atoms with Crippen LogP contribution in [0.15, 0.2) is 23.3 Å². The van der Waals surface area contributed by atoms with E-state index in [0.29, 0.717) is 11.9 Å². The normalized spacial score (nSPS) is 12.3. The van der Waals surface area contributed by atoms with E-state index in [2.05, 4.69) is 23.7 Å². The first-order valence-corrected chi connectivity index (χ1v) is 6.87. The molecule has 0 fully saturated rings. The summed E-state index contributed by atoms with van der Waals surface area (Å²) in [5, 5.41) is 0.699. The van der Waals surface area contributed by atoms with Gasteiger partial charge in [0.2, 0.25) is 0 Å². The second-order valence-electron chi connectivity index (χ2n) is 6.29. The Morgan fingerprint density at radius 2 is 1.90 bits per heavy atom. The Balaban J connectivity index is 2.57. The fourth-order valence-electron chi connectivity index (χ4n) is 2.15. The van der Waals surface area contributed by atoms with E-state index in [1.165, 1.54) is 0 Å². The molecular weight excluding hydrogens is 250 g/mol. The van der Waals surface area contributed by atoms with Gasteiger partial charge in [-0.15, -0.1) is 0 Å². The third-order valence-corrected chi connectivity index (χ3v) is 4.29. The predicted molar refractivity (Wildman–Crippen MR) is 83.2 cm³/mol. The Bertz CT molecular complexity index is 699. The Hall–Kier alpha value is -1.68. The van der Waals surface area contributed by atoms with Gasteiger partial charge >= 0.3 is 0 Å². The summed E-state index contributed by atoms with van der Waals surface area (Å²) >= 11 is 0. The lowest BCUT2D eigenvalue weighted by atomic mass is 10.0. The summed E-state index contributed by atoms with van der Waals surface area (Å²) in [6.45, 7) is 8.90. The monoisotopic (exact) mass is 273 g/mol. The van der Waals surface area contributed by atoms with E-state index in [-0.39, 0.29) is 11.1 Å². The van der Waals surface area contributed by atoms with Gasteiger partial charge in [0, 0.05) is 12.1 Å². The van der Waals surface area contributed by atoms with Crippen molar-refractivity contribution in [3.63, 3.8) is 0 Å². The van der Waals surface area contributed by atoms with Crippen LogP contribution in [0.4, 0.5) is 0 Å². The summed E-state index contributed by atoms with van der Waals surface area (Å²) in [4.78, 5) is 19.2. The largest absolute Gasteiger partial charge is 0.302 e. The highest BCUT2D eigenvalue weighted by molar-refractivity contribution is 5.81. The first-order valence-electron chi connectivity index (χ1n) is 6.87. The molecule has 1 aromatic heterocycles. The quantitative estimate of drug-likeness (QED) is 0.861. The lowest BCUT2D eigenvalue weighted by molar-refractivity contribution is 0.167. The van der Waals surface area contributed by atoms with E-state index < -0.39 is 0 Å². The number of aryl methyl sites for hydroxylation is 2. The van der Waals surface area contributed by atoms with Crippen molar-refractivity contribution in [2.45, 2.75) is 39.8 Å². The average Bonchev–Trinajstić information content (AvgIpc) is 2.37. The molecule has 108 valence electrons. The molecule has 1 aromatic carbocycles. The van der Waals surface area contributed by atoms with Gasteiger partial charge in [0.25, 0.3) is 5.56 Å². The van der Waals surface area contributed by atoms with Gasteiger partial charge in [-0.05, 0) is 59.0 Å². The Labute approximate surface area is 120 Å². The van der Waals surface area contributed by atoms with Crippen LogP contribution >= 0.6 is 0 Å². The van der Waals surface area contributed by atoms with E-state index >= 15 is 0 Å². The highest BCUT2D eigenvalue weighted by Gasteiger charge is 2.22. The second kappa shape index (κ2) is 5.02. The summed E-state index contributed by atoms with van der Waals surface area (Å²) in [6, 6.07) is 3.87. The van der Waals surface area contributed by atoms with Crippen LogP contribution in [0.25, 0.3) is 10.9 Å². The predicted octanol–water partition coefficient (Wildman–Crippen LogP) is 2.35. The van der Waals surface area contributed by atoms with Crippen LogP contribution < -0.4 is 5.56 Å². The highest BCUT2D eigenvalue weighted by Crippen LogP contribution is 2.17. The van der Waals surface area contributed by atoms with Crippen LogP contribution in [-0.2, 0) is 6.54 Å². The van der Waals surface area contributed by atoms with Crippen molar-refractivity contribution in [2.24, 2.45) is 0 Å². The van der Waals surface area contributed by atoms with Crippen molar-refractivity contribution in [1.29, 1.82) is 0 Å². The van der Waals surface area contributed by atoms with Gasteiger partial charge < -0.3 is 4.90 Å². The molecule has 0 unspecified atom stereocenters. The van der Waals surface area contributed by atoms with Crippen LogP contribution in [0.2, 0.25) is 0 Å². The summed E-state index contributed by atoms with van der Waals surface area (Å²) < 4.78 is 1.71. The minimum absolute atomic E-state index is 0.0352. The number of hydrogen-bond acceptors (Lipinski definition) is 3. The summed E-state index contributed by atoms with van der Waals surface area (Å²) in [7, 11) is 4.04. The van der Waals surface area contributed by atoms with Crippen molar-refractivity contribution in [3.8, 4) is 0 Å². The number of rotatable bonds is 3. The minimum Gasteiger partial charge on any atom is -0.302 e. The topological polar surface area (TPSA) is 38.1 Å². The van der Waals surface area contributed by atoms with Crippen LogP contribution in [0.3, 0.4) is 0 Å². The molecule has 0 radical (unpaired) electrons. The zero-order valence-electron chi connectivity index (χ0n) is 13.2. The maximum atomic E-state index is 12.6. The molecule has 0 N–H and O–H groups in total. The van der Waals surface area contributed by atoms with Crippen LogP contribution in [0.5, 0.6) is 0 Å². The van der Waals surface area contributed by atoms with Gasteiger partial charge in [-0.2, -0.15) is 0 Å². The Morgan fingerprint density at radius 3 is 2.50 bits per heavy atom. The van der Waals surface area contributed by atoms with Gasteiger partial charge in [-0.3, -0.25) is 9.36 Å². The Kier molecular flexibility index (Phi) is 3.69. The van der Waals surface area contributed by atoms with Gasteiger partial charge in [0.05, 0.1) is 17.2 Å². The molecule has 20 heavy (non-hydrogen) atoms. The molecular formula is C16H23N3O. The molecule has 2 rings (SSSR count). The second-order valence-corrected chi connectivity index (χ2v) is 6.29. The fourth-order valence-corrected chi connectivity index (χ4v) is 2.15. The van der Waals surface area contributed by atoms with Crippen LogP contribution in [0, 0.1) is 13.8 Å². The van der Waals surface area contributed by atoms with Gasteiger partial charge in [-0.1, -0.05) is 6.07 Å². The highest BCUT2D eigenvalue weighted by atomic mass is 16.1. The molecule has 0 aliphatic heterocycles. The smallest absolute Gasteiger partial charge is 0.261 e. The van der Waals surface area contributed by atoms with Crippen molar-refractivity contribution in [1.82, 2.24) is 14.5 Å². The number of benzene rings is 1. The maximum absolute atomic E-state index is 12.6. The zero-order valence-corrected chi connectivity index (χ0v) is 13.2. The van der Waals surface area contributed by atoms with Crippen molar-refractivity contribution < 1.29 is 0 Å². The molecule has 0 atom stereocenters. The standard InChI is InChI=1S/C16H23N3O/c1-11-7-8-13-14(12(11)2)17-10-19(15(13)20)9-16(3,4)18(5)6/h7-8,10H,9H2,1-6H3. The van der Waals surface area contributed by atoms with E-state index in [0.717, 1.165) is 16.6 Å². The lowest BCUT2D eigenvalue weighted by Gasteiger charge is -2.32. The van der Waals surface area contributed by atoms with E-state index in [4.69, 9.17) is 0 Å². The van der Waals surface area contributed by atoms with E-state index in [1.807, 2.05) is 40.1 Å². The van der Waals surface area contributed by atoms with Crippen LogP contribution in [-0.4, -0.2) is 34.1 Å². The SMILES string of the molecule is Cc1ccc2c(=O)n(CC(C)(C)N(C)C)cnc2c1C. The molecule has 4 nitrogen and oxygen atoms in total. The maximum Gasteiger partial charge on any atom is 0.261 e. The number of aromatic nitrogens is 2. The molecule has 0 aliphatic carbocycles. The zero-order chi connectivity index (χ0) is 15.1. The summed E-state index contributed by atoms with van der Waals surface area (Å²) in [5.41, 5.74) is 3.00.